The van der Waals surface area contributed by atoms with Crippen LogP contribution < -0.4 is 0 Å². The summed E-state index contributed by atoms with van der Waals surface area (Å²) in [4.78, 5) is 23.9. The zero-order chi connectivity index (χ0) is 14.6. The van der Waals surface area contributed by atoms with Gasteiger partial charge in [-0.1, -0.05) is 31.9 Å². The summed E-state index contributed by atoms with van der Waals surface area (Å²) in [5.74, 6) is 0.0698. The third-order valence-corrected chi connectivity index (χ3v) is 3.35. The standard InChI is InChI=1S/C13H17ClN2O3/c1-4-9(2)8-15(3)13(17)11-7-10(16(18)19)5-6-12(11)14/h5-7,9H,4,8H2,1-3H3. The van der Waals surface area contributed by atoms with E-state index in [0.29, 0.717) is 12.5 Å². The van der Waals surface area contributed by atoms with Crippen LogP contribution in [0.25, 0.3) is 0 Å². The Morgan fingerprint density at radius 3 is 2.68 bits per heavy atom. The van der Waals surface area contributed by atoms with Crippen molar-refractivity contribution in [3.8, 4) is 0 Å². The number of hydrogen-bond donors (Lipinski definition) is 0. The van der Waals surface area contributed by atoms with Crippen LogP contribution in [0.2, 0.25) is 5.02 Å². The number of halogens is 1. The van der Waals surface area contributed by atoms with Crippen LogP contribution in [0.4, 0.5) is 5.69 Å². The molecule has 0 aliphatic rings. The molecule has 5 nitrogen and oxygen atoms in total. The molecule has 0 heterocycles. The quantitative estimate of drug-likeness (QED) is 0.615. The van der Waals surface area contributed by atoms with E-state index in [1.165, 1.54) is 18.2 Å². The lowest BCUT2D eigenvalue weighted by atomic mass is 10.1. The molecular weight excluding hydrogens is 268 g/mol. The van der Waals surface area contributed by atoms with Crippen molar-refractivity contribution in [2.45, 2.75) is 20.3 Å². The maximum absolute atomic E-state index is 12.2. The second-order valence-electron chi connectivity index (χ2n) is 4.62. The smallest absolute Gasteiger partial charge is 0.270 e. The molecule has 0 aliphatic carbocycles. The predicted octanol–water partition coefficient (Wildman–Crippen LogP) is 3.37. The van der Waals surface area contributed by atoms with Crippen LogP contribution in [-0.2, 0) is 0 Å². The first-order chi connectivity index (χ1) is 8.86. The van der Waals surface area contributed by atoms with E-state index in [-0.39, 0.29) is 22.2 Å². The molecule has 0 aromatic heterocycles. The van der Waals surface area contributed by atoms with Gasteiger partial charge in [0, 0.05) is 25.7 Å². The number of nitro benzene ring substituents is 1. The zero-order valence-corrected chi connectivity index (χ0v) is 12.0. The van der Waals surface area contributed by atoms with Gasteiger partial charge in [0.05, 0.1) is 15.5 Å². The van der Waals surface area contributed by atoms with E-state index in [2.05, 4.69) is 0 Å². The second kappa shape index (κ2) is 6.52. The molecule has 0 saturated heterocycles. The molecule has 0 N–H and O–H groups in total. The summed E-state index contributed by atoms with van der Waals surface area (Å²) in [7, 11) is 1.67. The van der Waals surface area contributed by atoms with E-state index in [9.17, 15) is 14.9 Å². The number of carbonyl (C=O) groups excluding carboxylic acids is 1. The average molecular weight is 285 g/mol. The van der Waals surface area contributed by atoms with Gasteiger partial charge in [-0.3, -0.25) is 14.9 Å². The molecular formula is C13H17ClN2O3. The molecule has 1 unspecified atom stereocenters. The van der Waals surface area contributed by atoms with Crippen LogP contribution in [0.15, 0.2) is 18.2 Å². The number of amides is 1. The van der Waals surface area contributed by atoms with E-state index in [0.717, 1.165) is 6.42 Å². The Morgan fingerprint density at radius 1 is 1.53 bits per heavy atom. The van der Waals surface area contributed by atoms with Crippen molar-refractivity contribution in [1.29, 1.82) is 0 Å². The van der Waals surface area contributed by atoms with Gasteiger partial charge >= 0.3 is 0 Å². The van der Waals surface area contributed by atoms with E-state index in [1.807, 2.05) is 13.8 Å². The number of benzene rings is 1. The minimum absolute atomic E-state index is 0.135. The summed E-state index contributed by atoms with van der Waals surface area (Å²) in [5, 5.41) is 10.9. The molecule has 1 rings (SSSR count). The minimum Gasteiger partial charge on any atom is -0.341 e. The van der Waals surface area contributed by atoms with Crippen molar-refractivity contribution in [2.24, 2.45) is 5.92 Å². The Hall–Kier alpha value is -1.62. The molecule has 1 atom stereocenters. The number of nitro groups is 1. The summed E-state index contributed by atoms with van der Waals surface area (Å²) >= 11 is 5.94. The van der Waals surface area contributed by atoms with Gasteiger partial charge in [-0.05, 0) is 12.0 Å². The monoisotopic (exact) mass is 284 g/mol. The van der Waals surface area contributed by atoms with Gasteiger partial charge in [0.2, 0.25) is 0 Å². The Balaban J connectivity index is 2.98. The number of hydrogen-bond acceptors (Lipinski definition) is 3. The van der Waals surface area contributed by atoms with E-state index >= 15 is 0 Å². The van der Waals surface area contributed by atoms with Crippen molar-refractivity contribution in [3.05, 3.63) is 38.9 Å². The van der Waals surface area contributed by atoms with Crippen LogP contribution in [0.5, 0.6) is 0 Å². The van der Waals surface area contributed by atoms with Crippen LogP contribution in [0.1, 0.15) is 30.6 Å². The molecule has 6 heteroatoms. The SMILES string of the molecule is CCC(C)CN(C)C(=O)c1cc([N+](=O)[O-])ccc1Cl. The van der Waals surface area contributed by atoms with Gasteiger partial charge in [0.1, 0.15) is 0 Å². The van der Waals surface area contributed by atoms with E-state index in [1.54, 1.807) is 11.9 Å². The fraction of sp³-hybridized carbons (Fsp3) is 0.462. The summed E-state index contributed by atoms with van der Waals surface area (Å²) < 4.78 is 0. The normalized spacial score (nSPS) is 12.0. The van der Waals surface area contributed by atoms with Crippen LogP contribution in [0.3, 0.4) is 0 Å². The first-order valence-electron chi connectivity index (χ1n) is 6.06. The minimum atomic E-state index is -0.540. The molecule has 1 aromatic carbocycles. The van der Waals surface area contributed by atoms with Crippen LogP contribution in [0, 0.1) is 16.0 Å². The maximum Gasteiger partial charge on any atom is 0.270 e. The summed E-state index contributed by atoms with van der Waals surface area (Å²) in [6.45, 7) is 4.68. The van der Waals surface area contributed by atoms with Crippen molar-refractivity contribution < 1.29 is 9.72 Å². The molecule has 0 bridgehead atoms. The largest absolute Gasteiger partial charge is 0.341 e. The van der Waals surface area contributed by atoms with Crippen molar-refractivity contribution in [2.75, 3.05) is 13.6 Å². The molecule has 0 aliphatic heterocycles. The highest BCUT2D eigenvalue weighted by atomic mass is 35.5. The van der Waals surface area contributed by atoms with Crippen molar-refractivity contribution in [3.63, 3.8) is 0 Å². The summed E-state index contributed by atoms with van der Waals surface area (Å²) in [5.41, 5.74) is 0.0337. The number of nitrogens with zero attached hydrogens (tertiary/aromatic N) is 2. The summed E-state index contributed by atoms with van der Waals surface area (Å²) in [6, 6.07) is 3.88. The molecule has 0 radical (unpaired) electrons. The lowest BCUT2D eigenvalue weighted by Gasteiger charge is -2.21. The number of non-ortho nitro benzene ring substituents is 1. The molecule has 0 fully saturated rings. The second-order valence-corrected chi connectivity index (χ2v) is 5.03. The first-order valence-corrected chi connectivity index (χ1v) is 6.44. The van der Waals surface area contributed by atoms with Gasteiger partial charge < -0.3 is 4.90 Å². The molecule has 0 spiro atoms. The highest BCUT2D eigenvalue weighted by Crippen LogP contribution is 2.23. The molecule has 19 heavy (non-hydrogen) atoms. The van der Waals surface area contributed by atoms with Crippen LogP contribution >= 0.6 is 11.6 Å². The highest BCUT2D eigenvalue weighted by Gasteiger charge is 2.19. The Bertz CT molecular complexity index is 491. The number of rotatable bonds is 5. The van der Waals surface area contributed by atoms with Gasteiger partial charge in [0.25, 0.3) is 11.6 Å². The highest BCUT2D eigenvalue weighted by molar-refractivity contribution is 6.33. The van der Waals surface area contributed by atoms with Gasteiger partial charge in [-0.2, -0.15) is 0 Å². The lowest BCUT2D eigenvalue weighted by Crippen LogP contribution is -2.31. The van der Waals surface area contributed by atoms with E-state index in [4.69, 9.17) is 11.6 Å². The molecule has 1 aromatic rings. The Labute approximate surface area is 117 Å². The third-order valence-electron chi connectivity index (χ3n) is 3.02. The van der Waals surface area contributed by atoms with Gasteiger partial charge in [-0.25, -0.2) is 0 Å². The molecule has 1 amide bonds. The molecule has 0 saturated carbocycles. The van der Waals surface area contributed by atoms with Crippen LogP contribution in [-0.4, -0.2) is 29.3 Å². The Kier molecular flexibility index (Phi) is 5.30. The average Bonchev–Trinajstić information content (AvgIpc) is 2.37. The summed E-state index contributed by atoms with van der Waals surface area (Å²) in [6.07, 6.45) is 0.959. The lowest BCUT2D eigenvalue weighted by molar-refractivity contribution is -0.384. The van der Waals surface area contributed by atoms with Crippen molar-refractivity contribution in [1.82, 2.24) is 4.90 Å². The van der Waals surface area contributed by atoms with Crippen molar-refractivity contribution >= 4 is 23.2 Å². The predicted molar refractivity (Wildman–Crippen MR) is 74.5 cm³/mol. The topological polar surface area (TPSA) is 63.5 Å². The van der Waals surface area contributed by atoms with E-state index < -0.39 is 4.92 Å². The zero-order valence-electron chi connectivity index (χ0n) is 11.2. The maximum atomic E-state index is 12.2. The molecule has 104 valence electrons. The van der Waals surface area contributed by atoms with Gasteiger partial charge in [0.15, 0.2) is 0 Å². The fourth-order valence-electron chi connectivity index (χ4n) is 1.68. The fourth-order valence-corrected chi connectivity index (χ4v) is 1.87. The number of carbonyl (C=O) groups is 1. The first kappa shape index (κ1) is 15.4. The van der Waals surface area contributed by atoms with Gasteiger partial charge in [-0.15, -0.1) is 0 Å². The Morgan fingerprint density at radius 2 is 2.16 bits per heavy atom. The third kappa shape index (κ3) is 3.92.